The SMILES string of the molecule is COC(=O)C(N)(CN1CCS(=O)CC1)C1CC1. The maximum atomic E-state index is 11.8. The van der Waals surface area contributed by atoms with E-state index in [9.17, 15) is 9.00 Å². The fourth-order valence-electron chi connectivity index (χ4n) is 2.35. The predicted molar refractivity (Wildman–Crippen MR) is 66.0 cm³/mol. The van der Waals surface area contributed by atoms with Crippen LogP contribution >= 0.6 is 0 Å². The van der Waals surface area contributed by atoms with Crippen molar-refractivity contribution in [3.63, 3.8) is 0 Å². The molecular formula is C11H20N2O3S. The van der Waals surface area contributed by atoms with Gasteiger partial charge in [0.05, 0.1) is 7.11 Å². The van der Waals surface area contributed by atoms with Gasteiger partial charge >= 0.3 is 5.97 Å². The van der Waals surface area contributed by atoms with Crippen molar-refractivity contribution in [1.82, 2.24) is 4.90 Å². The number of carbonyl (C=O) groups is 1. The van der Waals surface area contributed by atoms with E-state index < -0.39 is 16.3 Å². The van der Waals surface area contributed by atoms with Gasteiger partial charge in [-0.3, -0.25) is 13.9 Å². The van der Waals surface area contributed by atoms with Gasteiger partial charge in [0, 0.05) is 41.9 Å². The average molecular weight is 260 g/mol. The summed E-state index contributed by atoms with van der Waals surface area (Å²) in [7, 11) is 0.691. The number of nitrogens with two attached hydrogens (primary N) is 1. The fourth-order valence-corrected chi connectivity index (χ4v) is 3.48. The van der Waals surface area contributed by atoms with Gasteiger partial charge in [-0.2, -0.15) is 0 Å². The summed E-state index contributed by atoms with van der Waals surface area (Å²) >= 11 is 0. The van der Waals surface area contributed by atoms with Crippen LogP contribution in [0.15, 0.2) is 0 Å². The Morgan fingerprint density at radius 1 is 1.47 bits per heavy atom. The van der Waals surface area contributed by atoms with E-state index in [1.54, 1.807) is 0 Å². The summed E-state index contributed by atoms with van der Waals surface area (Å²) in [5, 5.41) is 0. The van der Waals surface area contributed by atoms with Crippen LogP contribution in [0.1, 0.15) is 12.8 Å². The number of esters is 1. The highest BCUT2D eigenvalue weighted by Gasteiger charge is 2.49. The highest BCUT2D eigenvalue weighted by molar-refractivity contribution is 7.85. The molecule has 0 radical (unpaired) electrons. The Hall–Kier alpha value is -0.460. The largest absolute Gasteiger partial charge is 0.468 e. The number of rotatable bonds is 4. The molecule has 0 aromatic carbocycles. The quantitative estimate of drug-likeness (QED) is 0.679. The van der Waals surface area contributed by atoms with Crippen LogP contribution in [0.2, 0.25) is 0 Å². The van der Waals surface area contributed by atoms with E-state index in [1.165, 1.54) is 7.11 Å². The second-order valence-electron chi connectivity index (χ2n) is 4.93. The molecule has 0 aromatic heterocycles. The summed E-state index contributed by atoms with van der Waals surface area (Å²) in [6, 6.07) is 0. The number of carbonyl (C=O) groups excluding carboxylic acids is 1. The minimum Gasteiger partial charge on any atom is -0.468 e. The van der Waals surface area contributed by atoms with Gasteiger partial charge in [0.1, 0.15) is 5.54 Å². The Morgan fingerprint density at radius 2 is 2.06 bits per heavy atom. The van der Waals surface area contributed by atoms with Crippen molar-refractivity contribution in [3.8, 4) is 0 Å². The Kier molecular flexibility index (Phi) is 3.85. The zero-order valence-electron chi connectivity index (χ0n) is 10.2. The summed E-state index contributed by atoms with van der Waals surface area (Å²) in [5.74, 6) is 1.30. The zero-order chi connectivity index (χ0) is 12.5. The van der Waals surface area contributed by atoms with Gasteiger partial charge in [0.25, 0.3) is 0 Å². The summed E-state index contributed by atoms with van der Waals surface area (Å²) in [6.07, 6.45) is 2.01. The molecule has 6 heteroatoms. The van der Waals surface area contributed by atoms with Crippen molar-refractivity contribution in [2.24, 2.45) is 11.7 Å². The molecule has 2 rings (SSSR count). The molecule has 1 saturated carbocycles. The van der Waals surface area contributed by atoms with Crippen molar-refractivity contribution in [2.45, 2.75) is 18.4 Å². The third-order valence-electron chi connectivity index (χ3n) is 3.63. The standard InChI is InChI=1S/C11H20N2O3S/c1-16-10(14)11(12,9-2-3-9)8-13-4-6-17(15)7-5-13/h9H,2-8,12H2,1H3. The molecule has 1 aliphatic carbocycles. The van der Waals surface area contributed by atoms with E-state index in [2.05, 4.69) is 4.90 Å². The van der Waals surface area contributed by atoms with Gasteiger partial charge in [0.2, 0.25) is 0 Å². The van der Waals surface area contributed by atoms with Crippen molar-refractivity contribution < 1.29 is 13.7 Å². The Morgan fingerprint density at radius 3 is 2.53 bits per heavy atom. The van der Waals surface area contributed by atoms with Crippen molar-refractivity contribution in [3.05, 3.63) is 0 Å². The van der Waals surface area contributed by atoms with Crippen LogP contribution in [0.5, 0.6) is 0 Å². The first-order chi connectivity index (χ1) is 8.06. The average Bonchev–Trinajstić information content (AvgIpc) is 3.15. The number of nitrogens with zero attached hydrogens (tertiary/aromatic N) is 1. The van der Waals surface area contributed by atoms with Gasteiger partial charge < -0.3 is 10.5 Å². The molecular weight excluding hydrogens is 240 g/mol. The fraction of sp³-hybridized carbons (Fsp3) is 0.909. The molecule has 1 heterocycles. The molecule has 2 N–H and O–H groups in total. The molecule has 2 aliphatic rings. The smallest absolute Gasteiger partial charge is 0.327 e. The third kappa shape index (κ3) is 2.86. The molecule has 0 aromatic rings. The lowest BCUT2D eigenvalue weighted by atomic mass is 9.93. The van der Waals surface area contributed by atoms with Crippen LogP contribution in [-0.4, -0.2) is 58.9 Å². The second kappa shape index (κ2) is 5.04. The highest BCUT2D eigenvalue weighted by Crippen LogP contribution is 2.39. The Labute approximate surface area is 104 Å². The minimum atomic E-state index is -0.867. The van der Waals surface area contributed by atoms with Crippen LogP contribution in [-0.2, 0) is 20.3 Å². The molecule has 98 valence electrons. The first-order valence-electron chi connectivity index (χ1n) is 6.01. The number of ether oxygens (including phenoxy) is 1. The lowest BCUT2D eigenvalue weighted by Gasteiger charge is -2.35. The van der Waals surface area contributed by atoms with E-state index in [-0.39, 0.29) is 11.9 Å². The van der Waals surface area contributed by atoms with Gasteiger partial charge in [-0.1, -0.05) is 0 Å². The van der Waals surface area contributed by atoms with Gasteiger partial charge in [-0.05, 0) is 18.8 Å². The van der Waals surface area contributed by atoms with Gasteiger partial charge in [-0.25, -0.2) is 0 Å². The zero-order valence-corrected chi connectivity index (χ0v) is 11.0. The molecule has 2 fully saturated rings. The summed E-state index contributed by atoms with van der Waals surface area (Å²) in [5.41, 5.74) is 5.36. The van der Waals surface area contributed by atoms with Crippen molar-refractivity contribution in [2.75, 3.05) is 38.2 Å². The molecule has 1 unspecified atom stereocenters. The van der Waals surface area contributed by atoms with Crippen LogP contribution < -0.4 is 5.73 Å². The summed E-state index contributed by atoms with van der Waals surface area (Å²) in [4.78, 5) is 14.0. The molecule has 17 heavy (non-hydrogen) atoms. The monoisotopic (exact) mass is 260 g/mol. The Balaban J connectivity index is 1.98. The molecule has 0 bridgehead atoms. The molecule has 1 atom stereocenters. The van der Waals surface area contributed by atoms with Crippen molar-refractivity contribution >= 4 is 16.8 Å². The van der Waals surface area contributed by atoms with E-state index >= 15 is 0 Å². The molecule has 1 aliphatic heterocycles. The van der Waals surface area contributed by atoms with Crippen LogP contribution in [0.25, 0.3) is 0 Å². The number of hydrogen-bond donors (Lipinski definition) is 1. The summed E-state index contributed by atoms with van der Waals surface area (Å²) < 4.78 is 16.1. The maximum Gasteiger partial charge on any atom is 0.327 e. The lowest BCUT2D eigenvalue weighted by molar-refractivity contribution is -0.148. The first kappa shape index (κ1) is 13.0. The third-order valence-corrected chi connectivity index (χ3v) is 4.90. The van der Waals surface area contributed by atoms with E-state index in [4.69, 9.17) is 10.5 Å². The van der Waals surface area contributed by atoms with Crippen LogP contribution in [0, 0.1) is 5.92 Å². The van der Waals surface area contributed by atoms with Crippen LogP contribution in [0.3, 0.4) is 0 Å². The first-order valence-corrected chi connectivity index (χ1v) is 7.49. The topological polar surface area (TPSA) is 72.6 Å². The number of methoxy groups -OCH3 is 1. The normalized spacial score (nSPS) is 26.5. The van der Waals surface area contributed by atoms with Gasteiger partial charge in [0.15, 0.2) is 0 Å². The van der Waals surface area contributed by atoms with Crippen LogP contribution in [0.4, 0.5) is 0 Å². The second-order valence-corrected chi connectivity index (χ2v) is 6.63. The van der Waals surface area contributed by atoms with Gasteiger partial charge in [-0.15, -0.1) is 0 Å². The van der Waals surface area contributed by atoms with Crippen molar-refractivity contribution in [1.29, 1.82) is 0 Å². The Bertz CT molecular complexity index is 323. The molecule has 0 spiro atoms. The van der Waals surface area contributed by atoms with E-state index in [0.29, 0.717) is 18.1 Å². The predicted octanol–water partition coefficient (Wildman–Crippen LogP) is -0.669. The highest BCUT2D eigenvalue weighted by atomic mass is 32.2. The minimum absolute atomic E-state index is 0.252. The van der Waals surface area contributed by atoms with E-state index in [0.717, 1.165) is 25.9 Å². The number of hydrogen-bond acceptors (Lipinski definition) is 5. The lowest BCUT2D eigenvalue weighted by Crippen LogP contribution is -2.59. The summed E-state index contributed by atoms with van der Waals surface area (Å²) in [6.45, 7) is 2.05. The molecule has 5 nitrogen and oxygen atoms in total. The van der Waals surface area contributed by atoms with E-state index in [1.807, 2.05) is 0 Å². The maximum absolute atomic E-state index is 11.8. The molecule has 0 amide bonds. The molecule has 1 saturated heterocycles.